The maximum absolute atomic E-state index is 12.1. The normalized spacial score (nSPS) is 18.9. The van der Waals surface area contributed by atoms with Crippen molar-refractivity contribution in [3.8, 4) is 0 Å². The third kappa shape index (κ3) is 1.74. The number of rotatable bonds is 1. The molecule has 0 radical (unpaired) electrons. The van der Waals surface area contributed by atoms with E-state index in [9.17, 15) is 4.79 Å². The number of para-hydroxylation sites is 1. The largest absolute Gasteiger partial charge is 0.328 e. The van der Waals surface area contributed by atoms with Crippen LogP contribution in [0.2, 0.25) is 0 Å². The van der Waals surface area contributed by atoms with Crippen molar-refractivity contribution < 1.29 is 0 Å². The molecular formula is C15H21N3O. The summed E-state index contributed by atoms with van der Waals surface area (Å²) in [6, 6.07) is 6.10. The summed E-state index contributed by atoms with van der Waals surface area (Å²) in [5.74, 6) is 0. The van der Waals surface area contributed by atoms with Crippen LogP contribution < -0.4 is 11.4 Å². The number of hydrogen-bond donors (Lipinski definition) is 1. The molecule has 0 atom stereocenters. The summed E-state index contributed by atoms with van der Waals surface area (Å²) in [4.78, 5) is 12.1. The molecule has 1 aliphatic rings. The lowest BCUT2D eigenvalue weighted by Gasteiger charge is -2.34. The van der Waals surface area contributed by atoms with Crippen LogP contribution in [-0.4, -0.2) is 9.13 Å². The smallest absolute Gasteiger partial charge is 0.321 e. The minimum Gasteiger partial charge on any atom is -0.321 e. The summed E-state index contributed by atoms with van der Waals surface area (Å²) in [7, 11) is 3.65. The molecule has 1 aromatic carbocycles. The fourth-order valence-corrected chi connectivity index (χ4v) is 3.43. The summed E-state index contributed by atoms with van der Waals surface area (Å²) >= 11 is 0. The minimum absolute atomic E-state index is 0.0156. The molecule has 4 heteroatoms. The average molecular weight is 259 g/mol. The molecule has 1 saturated carbocycles. The highest BCUT2D eigenvalue weighted by Gasteiger charge is 2.32. The molecule has 102 valence electrons. The van der Waals surface area contributed by atoms with Crippen LogP contribution in [0, 0.1) is 0 Å². The molecule has 0 saturated heterocycles. The average Bonchev–Trinajstić information content (AvgIpc) is 2.65. The number of nitrogens with zero attached hydrogens (tertiary/aromatic N) is 2. The first kappa shape index (κ1) is 12.5. The van der Waals surface area contributed by atoms with Crippen molar-refractivity contribution in [1.29, 1.82) is 0 Å². The number of aryl methyl sites for hydroxylation is 2. The van der Waals surface area contributed by atoms with Gasteiger partial charge in [-0.25, -0.2) is 4.79 Å². The highest BCUT2D eigenvalue weighted by atomic mass is 16.1. The standard InChI is InChI=1S/C15H21N3O/c1-17-12-8-6-7-11(13(12)18(2)14(17)19)15(16)9-4-3-5-10-15/h6-8H,3-5,9-10,16H2,1-2H3. The summed E-state index contributed by atoms with van der Waals surface area (Å²) in [5, 5.41) is 0. The second-order valence-electron chi connectivity index (χ2n) is 5.79. The molecule has 2 N–H and O–H groups in total. The number of nitrogens with two attached hydrogens (primary N) is 1. The van der Waals surface area contributed by atoms with Gasteiger partial charge in [0.15, 0.2) is 0 Å². The summed E-state index contributed by atoms with van der Waals surface area (Å²) in [6.45, 7) is 0. The van der Waals surface area contributed by atoms with Crippen molar-refractivity contribution >= 4 is 11.0 Å². The predicted molar refractivity (Wildman–Crippen MR) is 77.1 cm³/mol. The van der Waals surface area contributed by atoms with E-state index in [0.717, 1.165) is 29.4 Å². The maximum atomic E-state index is 12.1. The van der Waals surface area contributed by atoms with Crippen molar-refractivity contribution in [2.45, 2.75) is 37.6 Å². The van der Waals surface area contributed by atoms with Gasteiger partial charge in [0.2, 0.25) is 0 Å². The number of benzene rings is 1. The molecule has 19 heavy (non-hydrogen) atoms. The van der Waals surface area contributed by atoms with Crippen molar-refractivity contribution in [1.82, 2.24) is 9.13 Å². The van der Waals surface area contributed by atoms with E-state index >= 15 is 0 Å². The molecule has 1 aliphatic carbocycles. The Balaban J connectivity index is 2.30. The van der Waals surface area contributed by atoms with Crippen LogP contribution in [0.15, 0.2) is 23.0 Å². The van der Waals surface area contributed by atoms with Crippen LogP contribution in [0.3, 0.4) is 0 Å². The Kier molecular flexibility index (Phi) is 2.78. The SMILES string of the molecule is Cn1c(=O)n(C)c2c(C3(N)CCCCC3)cccc21. The van der Waals surface area contributed by atoms with Gasteiger partial charge < -0.3 is 5.73 Å². The Morgan fingerprint density at radius 1 is 1.11 bits per heavy atom. The minimum atomic E-state index is -0.274. The van der Waals surface area contributed by atoms with Gasteiger partial charge in [-0.3, -0.25) is 9.13 Å². The summed E-state index contributed by atoms with van der Waals surface area (Å²) in [5.41, 5.74) is 9.49. The van der Waals surface area contributed by atoms with Gasteiger partial charge in [0.1, 0.15) is 0 Å². The Morgan fingerprint density at radius 2 is 1.79 bits per heavy atom. The maximum Gasteiger partial charge on any atom is 0.328 e. The quantitative estimate of drug-likeness (QED) is 0.851. The highest BCUT2D eigenvalue weighted by Crippen LogP contribution is 2.37. The van der Waals surface area contributed by atoms with Gasteiger partial charge in [0.05, 0.1) is 11.0 Å². The zero-order chi connectivity index (χ0) is 13.6. The Hall–Kier alpha value is -1.55. The van der Waals surface area contributed by atoms with Gasteiger partial charge in [-0.2, -0.15) is 0 Å². The van der Waals surface area contributed by atoms with Crippen molar-refractivity contribution in [2.75, 3.05) is 0 Å². The van der Waals surface area contributed by atoms with Crippen molar-refractivity contribution in [2.24, 2.45) is 19.8 Å². The van der Waals surface area contributed by atoms with E-state index in [2.05, 4.69) is 6.07 Å². The van der Waals surface area contributed by atoms with Crippen LogP contribution >= 0.6 is 0 Å². The van der Waals surface area contributed by atoms with Gasteiger partial charge in [-0.15, -0.1) is 0 Å². The Morgan fingerprint density at radius 3 is 2.47 bits per heavy atom. The molecule has 1 heterocycles. The van der Waals surface area contributed by atoms with Crippen LogP contribution in [0.1, 0.15) is 37.7 Å². The fraction of sp³-hybridized carbons (Fsp3) is 0.533. The van der Waals surface area contributed by atoms with Gasteiger partial charge in [0, 0.05) is 19.6 Å². The Bertz CT molecular complexity index is 674. The molecule has 0 spiro atoms. The molecule has 1 aromatic heterocycles. The van der Waals surface area contributed by atoms with Crippen molar-refractivity contribution in [3.05, 3.63) is 34.2 Å². The lowest BCUT2D eigenvalue weighted by Crippen LogP contribution is -2.39. The first-order valence-corrected chi connectivity index (χ1v) is 6.98. The summed E-state index contributed by atoms with van der Waals surface area (Å²) in [6.07, 6.45) is 5.63. The predicted octanol–water partition coefficient (Wildman–Crippen LogP) is 2.00. The molecule has 2 aromatic rings. The second kappa shape index (κ2) is 4.23. The van der Waals surface area contributed by atoms with E-state index in [-0.39, 0.29) is 11.2 Å². The molecule has 0 unspecified atom stereocenters. The number of imidazole rings is 1. The first-order chi connectivity index (χ1) is 9.04. The third-order valence-electron chi connectivity index (χ3n) is 4.57. The third-order valence-corrected chi connectivity index (χ3v) is 4.57. The molecule has 0 amide bonds. The monoisotopic (exact) mass is 259 g/mol. The lowest BCUT2D eigenvalue weighted by atomic mass is 9.77. The van der Waals surface area contributed by atoms with E-state index in [0.29, 0.717) is 0 Å². The lowest BCUT2D eigenvalue weighted by molar-refractivity contribution is 0.304. The second-order valence-corrected chi connectivity index (χ2v) is 5.79. The number of fused-ring (bicyclic) bond motifs is 1. The molecule has 4 nitrogen and oxygen atoms in total. The van der Waals surface area contributed by atoms with E-state index in [1.165, 1.54) is 19.3 Å². The van der Waals surface area contributed by atoms with Crippen LogP contribution in [-0.2, 0) is 19.6 Å². The first-order valence-electron chi connectivity index (χ1n) is 6.98. The van der Waals surface area contributed by atoms with E-state index in [1.807, 2.05) is 26.2 Å². The molecule has 1 fully saturated rings. The van der Waals surface area contributed by atoms with Gasteiger partial charge in [-0.05, 0) is 24.5 Å². The van der Waals surface area contributed by atoms with Crippen LogP contribution in [0.25, 0.3) is 11.0 Å². The van der Waals surface area contributed by atoms with E-state index in [4.69, 9.17) is 5.73 Å². The Labute approximate surface area is 112 Å². The van der Waals surface area contributed by atoms with Gasteiger partial charge >= 0.3 is 5.69 Å². The topological polar surface area (TPSA) is 53.0 Å². The van der Waals surface area contributed by atoms with Gasteiger partial charge in [0.25, 0.3) is 0 Å². The fourth-order valence-electron chi connectivity index (χ4n) is 3.43. The van der Waals surface area contributed by atoms with Gasteiger partial charge in [-0.1, -0.05) is 31.4 Å². The summed E-state index contributed by atoms with van der Waals surface area (Å²) < 4.78 is 3.43. The molecule has 0 aliphatic heterocycles. The van der Waals surface area contributed by atoms with Crippen molar-refractivity contribution in [3.63, 3.8) is 0 Å². The zero-order valence-corrected chi connectivity index (χ0v) is 11.6. The molecular weight excluding hydrogens is 238 g/mol. The highest BCUT2D eigenvalue weighted by molar-refractivity contribution is 5.81. The van der Waals surface area contributed by atoms with Crippen LogP contribution in [0.4, 0.5) is 0 Å². The number of aromatic nitrogens is 2. The van der Waals surface area contributed by atoms with E-state index < -0.39 is 0 Å². The molecule has 0 bridgehead atoms. The van der Waals surface area contributed by atoms with Crippen LogP contribution in [0.5, 0.6) is 0 Å². The number of hydrogen-bond acceptors (Lipinski definition) is 2. The zero-order valence-electron chi connectivity index (χ0n) is 11.6. The van der Waals surface area contributed by atoms with E-state index in [1.54, 1.807) is 9.13 Å². The molecule has 3 rings (SSSR count).